The number of rotatable bonds is 4. The van der Waals surface area contributed by atoms with Crippen LogP contribution >= 0.6 is 12.4 Å². The molecule has 1 aliphatic rings. The number of fused-ring (bicyclic) bond motifs is 1. The van der Waals surface area contributed by atoms with E-state index in [1.165, 1.54) is 38.5 Å². The Hall–Kier alpha value is -1.91. The third kappa shape index (κ3) is 4.25. The summed E-state index contributed by atoms with van der Waals surface area (Å²) in [6, 6.07) is 12.0. The van der Waals surface area contributed by atoms with Crippen LogP contribution in [0.5, 0.6) is 0 Å². The zero-order valence-corrected chi connectivity index (χ0v) is 15.6. The van der Waals surface area contributed by atoms with E-state index in [-0.39, 0.29) is 18.2 Å². The summed E-state index contributed by atoms with van der Waals surface area (Å²) in [5.74, 6) is -0.136. The highest BCUT2D eigenvalue weighted by Crippen LogP contribution is 2.25. The second kappa shape index (κ2) is 8.65. The maximum Gasteiger partial charge on any atom is 0.128 e. The van der Waals surface area contributed by atoms with E-state index >= 15 is 0 Å². The third-order valence-corrected chi connectivity index (χ3v) is 5.24. The van der Waals surface area contributed by atoms with Gasteiger partial charge in [-0.15, -0.1) is 12.4 Å². The number of halogens is 2. The average Bonchev–Trinajstić information content (AvgIpc) is 2.94. The van der Waals surface area contributed by atoms with Crippen molar-refractivity contribution in [2.24, 2.45) is 0 Å². The first-order chi connectivity index (χ1) is 12.3. The lowest BCUT2D eigenvalue weighted by atomic mass is 10.0. The number of benzene rings is 2. The van der Waals surface area contributed by atoms with Crippen LogP contribution in [0.3, 0.4) is 0 Å². The van der Waals surface area contributed by atoms with Crippen molar-refractivity contribution in [2.75, 3.05) is 0 Å². The van der Waals surface area contributed by atoms with Crippen molar-refractivity contribution in [1.29, 1.82) is 0 Å². The van der Waals surface area contributed by atoms with Crippen LogP contribution < -0.4 is 5.32 Å². The summed E-state index contributed by atoms with van der Waals surface area (Å²) in [7, 11) is 0. The number of H-pyrrole nitrogens is 1. The van der Waals surface area contributed by atoms with Gasteiger partial charge in [0.15, 0.2) is 0 Å². The monoisotopic (exact) mass is 373 g/mol. The zero-order valence-electron chi connectivity index (χ0n) is 14.8. The van der Waals surface area contributed by atoms with E-state index in [2.05, 4.69) is 15.3 Å². The number of hydrogen-bond donors (Lipinski definition) is 2. The van der Waals surface area contributed by atoms with Crippen molar-refractivity contribution in [1.82, 2.24) is 15.3 Å². The molecule has 2 aromatic carbocycles. The largest absolute Gasteiger partial charge is 0.345 e. The molecule has 0 unspecified atom stereocenters. The molecule has 5 heteroatoms. The number of imidazole rings is 1. The molecule has 1 fully saturated rings. The van der Waals surface area contributed by atoms with Gasteiger partial charge < -0.3 is 10.3 Å². The van der Waals surface area contributed by atoms with Gasteiger partial charge >= 0.3 is 0 Å². The SMILES string of the molecule is Cl.Fc1cc(-c2ccc3nc[nH]c3c2)ccc1CNC1CCCCCC1. The van der Waals surface area contributed by atoms with Crippen LogP contribution in [0, 0.1) is 5.82 Å². The molecule has 1 heterocycles. The van der Waals surface area contributed by atoms with Crippen LogP contribution in [0.15, 0.2) is 42.7 Å². The Balaban J connectivity index is 0.00000196. The average molecular weight is 374 g/mol. The van der Waals surface area contributed by atoms with Crippen LogP contribution in [0.1, 0.15) is 44.1 Å². The Morgan fingerprint density at radius 2 is 1.73 bits per heavy atom. The molecule has 1 aliphatic carbocycles. The molecule has 1 aromatic heterocycles. The fourth-order valence-corrected chi connectivity index (χ4v) is 3.72. The molecule has 0 spiro atoms. The smallest absolute Gasteiger partial charge is 0.128 e. The Bertz CT molecular complexity index is 853. The standard InChI is InChI=1S/C21H24FN3.ClH/c22-19-11-15(16-9-10-20-21(12-16)25-14-24-20)7-8-17(19)13-23-18-5-3-1-2-4-6-18;/h7-12,14,18,23H,1-6,13H2,(H,24,25);1H. The minimum absolute atomic E-state index is 0. The third-order valence-electron chi connectivity index (χ3n) is 5.24. The number of aromatic nitrogens is 2. The van der Waals surface area contributed by atoms with Crippen LogP contribution in [0.4, 0.5) is 4.39 Å². The molecule has 0 radical (unpaired) electrons. The molecular weight excluding hydrogens is 349 g/mol. The number of hydrogen-bond acceptors (Lipinski definition) is 2. The first-order valence-corrected chi connectivity index (χ1v) is 9.25. The van der Waals surface area contributed by atoms with Gasteiger partial charge in [0.1, 0.15) is 5.82 Å². The van der Waals surface area contributed by atoms with Gasteiger partial charge in [-0.2, -0.15) is 0 Å². The minimum Gasteiger partial charge on any atom is -0.345 e. The zero-order chi connectivity index (χ0) is 17.1. The maximum atomic E-state index is 14.6. The molecule has 0 atom stereocenters. The van der Waals surface area contributed by atoms with Crippen molar-refractivity contribution in [3.8, 4) is 11.1 Å². The van der Waals surface area contributed by atoms with Crippen LogP contribution in [0.25, 0.3) is 22.2 Å². The van der Waals surface area contributed by atoms with Crippen molar-refractivity contribution >= 4 is 23.4 Å². The van der Waals surface area contributed by atoms with E-state index < -0.39 is 0 Å². The molecule has 0 aliphatic heterocycles. The van der Waals surface area contributed by atoms with Crippen LogP contribution in [-0.2, 0) is 6.54 Å². The van der Waals surface area contributed by atoms with Gasteiger partial charge in [-0.25, -0.2) is 9.37 Å². The maximum absolute atomic E-state index is 14.6. The number of nitrogens with one attached hydrogen (secondary N) is 2. The molecule has 138 valence electrons. The highest BCUT2D eigenvalue weighted by atomic mass is 35.5. The first kappa shape index (κ1) is 18.9. The fraction of sp³-hybridized carbons (Fsp3) is 0.381. The topological polar surface area (TPSA) is 40.7 Å². The van der Waals surface area contributed by atoms with Gasteiger partial charge in [0.25, 0.3) is 0 Å². The van der Waals surface area contributed by atoms with E-state index in [9.17, 15) is 4.39 Å². The van der Waals surface area contributed by atoms with Gasteiger partial charge in [0.05, 0.1) is 17.4 Å². The lowest BCUT2D eigenvalue weighted by Gasteiger charge is -2.16. The van der Waals surface area contributed by atoms with Gasteiger partial charge in [-0.05, 0) is 42.2 Å². The van der Waals surface area contributed by atoms with Crippen molar-refractivity contribution in [3.05, 3.63) is 54.1 Å². The van der Waals surface area contributed by atoms with Gasteiger partial charge in [-0.3, -0.25) is 0 Å². The number of nitrogens with zero attached hydrogens (tertiary/aromatic N) is 1. The summed E-state index contributed by atoms with van der Waals surface area (Å²) in [6.07, 6.45) is 9.35. The second-order valence-corrected chi connectivity index (χ2v) is 7.01. The normalized spacial score (nSPS) is 15.6. The van der Waals surface area contributed by atoms with E-state index in [1.54, 1.807) is 12.4 Å². The highest BCUT2D eigenvalue weighted by Gasteiger charge is 2.13. The Labute approximate surface area is 159 Å². The molecule has 3 aromatic rings. The molecule has 3 nitrogen and oxygen atoms in total. The van der Waals surface area contributed by atoms with Crippen molar-refractivity contribution < 1.29 is 4.39 Å². The summed E-state index contributed by atoms with van der Waals surface area (Å²) < 4.78 is 14.6. The summed E-state index contributed by atoms with van der Waals surface area (Å²) in [5.41, 5.74) is 4.53. The van der Waals surface area contributed by atoms with Crippen molar-refractivity contribution in [3.63, 3.8) is 0 Å². The minimum atomic E-state index is -0.136. The summed E-state index contributed by atoms with van der Waals surface area (Å²) in [5, 5.41) is 3.55. The van der Waals surface area contributed by atoms with E-state index in [0.29, 0.717) is 12.6 Å². The predicted octanol–water partition coefficient (Wildman–Crippen LogP) is 5.60. The van der Waals surface area contributed by atoms with Gasteiger partial charge in [-0.1, -0.05) is 43.9 Å². The lowest BCUT2D eigenvalue weighted by Crippen LogP contribution is -2.28. The first-order valence-electron chi connectivity index (χ1n) is 9.25. The fourth-order valence-electron chi connectivity index (χ4n) is 3.72. The van der Waals surface area contributed by atoms with Crippen molar-refractivity contribution in [2.45, 2.75) is 51.1 Å². The van der Waals surface area contributed by atoms with Gasteiger partial charge in [0.2, 0.25) is 0 Å². The molecule has 0 saturated heterocycles. The number of aromatic amines is 1. The molecule has 26 heavy (non-hydrogen) atoms. The Morgan fingerprint density at radius 1 is 1.00 bits per heavy atom. The molecule has 1 saturated carbocycles. The molecule has 4 rings (SSSR count). The van der Waals surface area contributed by atoms with Gasteiger partial charge in [0, 0.05) is 18.2 Å². The molecule has 0 amide bonds. The Kier molecular flexibility index (Phi) is 6.28. The summed E-state index contributed by atoms with van der Waals surface area (Å²) in [6.45, 7) is 0.608. The van der Waals surface area contributed by atoms with E-state index in [1.807, 2.05) is 30.3 Å². The second-order valence-electron chi connectivity index (χ2n) is 7.01. The summed E-state index contributed by atoms with van der Waals surface area (Å²) in [4.78, 5) is 7.33. The quantitative estimate of drug-likeness (QED) is 0.584. The summed E-state index contributed by atoms with van der Waals surface area (Å²) >= 11 is 0. The molecular formula is C21H25ClFN3. The van der Waals surface area contributed by atoms with E-state index in [0.717, 1.165) is 27.7 Å². The van der Waals surface area contributed by atoms with Crippen LogP contribution in [-0.4, -0.2) is 16.0 Å². The molecule has 2 N–H and O–H groups in total. The van der Waals surface area contributed by atoms with E-state index in [4.69, 9.17) is 0 Å². The molecule has 0 bridgehead atoms. The van der Waals surface area contributed by atoms with Crippen LogP contribution in [0.2, 0.25) is 0 Å². The highest BCUT2D eigenvalue weighted by molar-refractivity contribution is 5.85. The lowest BCUT2D eigenvalue weighted by molar-refractivity contribution is 0.452. The Morgan fingerprint density at radius 3 is 2.50 bits per heavy atom. The predicted molar refractivity (Wildman–Crippen MR) is 107 cm³/mol.